The number of hydrogen-bond acceptors (Lipinski definition) is 5. The molecule has 2 bridgehead atoms. The Hall–Kier alpha value is -2.08. The number of nitrogens with one attached hydrogen (secondary N) is 1. The Labute approximate surface area is 148 Å². The highest BCUT2D eigenvalue weighted by atomic mass is 16.4. The van der Waals surface area contributed by atoms with Crippen LogP contribution in [0.1, 0.15) is 37.2 Å². The standard InChI is InChI=1S/C19H26N4O2/c1-3-23(4-2)18-8-14-10-20-16(9-17(14)25-18)19(24)21-15-7-13-5-6-22(11-13)12-15/h8-10,13,15H,3-7,11-12H2,1-2H3,(H,21,24)/t13?,15-/m1/s1. The molecule has 0 aromatic carbocycles. The SMILES string of the molecule is CCN(CC)c1cc2cnc(C(=O)N[C@@H]3CC4CCN(C4)C3)cc2o1. The van der Waals surface area contributed by atoms with E-state index in [1.54, 1.807) is 12.3 Å². The number of nitrogens with zero attached hydrogens (tertiary/aromatic N) is 3. The van der Waals surface area contributed by atoms with Crippen LogP contribution in [0.5, 0.6) is 0 Å². The van der Waals surface area contributed by atoms with Crippen LogP contribution in [0.2, 0.25) is 0 Å². The molecule has 6 nitrogen and oxygen atoms in total. The molecule has 4 heterocycles. The molecule has 4 rings (SSSR count). The average molecular weight is 342 g/mol. The Morgan fingerprint density at radius 3 is 2.96 bits per heavy atom. The molecule has 2 fully saturated rings. The molecule has 2 aliphatic rings. The molecular formula is C19H26N4O2. The third-order valence-corrected chi connectivity index (χ3v) is 5.50. The predicted molar refractivity (Wildman–Crippen MR) is 98.0 cm³/mol. The van der Waals surface area contributed by atoms with Gasteiger partial charge >= 0.3 is 0 Å². The first-order valence-electron chi connectivity index (χ1n) is 9.34. The van der Waals surface area contributed by atoms with Crippen molar-refractivity contribution >= 4 is 22.8 Å². The van der Waals surface area contributed by atoms with Gasteiger partial charge in [-0.3, -0.25) is 9.78 Å². The number of piperidine rings is 1. The number of fused-ring (bicyclic) bond motifs is 3. The number of anilines is 1. The minimum absolute atomic E-state index is 0.102. The highest BCUT2D eigenvalue weighted by Crippen LogP contribution is 2.28. The second kappa shape index (κ2) is 6.67. The molecule has 2 aromatic heterocycles. The lowest BCUT2D eigenvalue weighted by molar-refractivity contribution is 0.0904. The first-order valence-corrected chi connectivity index (χ1v) is 9.34. The van der Waals surface area contributed by atoms with Crippen LogP contribution in [0, 0.1) is 5.92 Å². The van der Waals surface area contributed by atoms with E-state index in [1.165, 1.54) is 19.5 Å². The lowest BCUT2D eigenvalue weighted by Gasteiger charge is -2.30. The number of pyridine rings is 1. The fourth-order valence-electron chi connectivity index (χ4n) is 4.16. The van der Waals surface area contributed by atoms with Crippen molar-refractivity contribution in [2.45, 2.75) is 32.7 Å². The van der Waals surface area contributed by atoms with Crippen molar-refractivity contribution < 1.29 is 9.21 Å². The van der Waals surface area contributed by atoms with Crippen molar-refractivity contribution in [2.24, 2.45) is 5.92 Å². The number of aromatic nitrogens is 1. The Balaban J connectivity index is 1.49. The highest BCUT2D eigenvalue weighted by Gasteiger charge is 2.33. The lowest BCUT2D eigenvalue weighted by atomic mass is 9.97. The third kappa shape index (κ3) is 3.23. The maximum atomic E-state index is 12.6. The zero-order chi connectivity index (χ0) is 17.4. The van der Waals surface area contributed by atoms with Crippen molar-refractivity contribution in [3.8, 4) is 0 Å². The molecule has 0 spiro atoms. The van der Waals surface area contributed by atoms with E-state index in [1.807, 2.05) is 6.07 Å². The van der Waals surface area contributed by atoms with E-state index in [0.717, 1.165) is 48.8 Å². The van der Waals surface area contributed by atoms with Gasteiger partial charge in [0.05, 0.1) is 0 Å². The molecule has 2 aromatic rings. The van der Waals surface area contributed by atoms with E-state index >= 15 is 0 Å². The van der Waals surface area contributed by atoms with Crippen LogP contribution in [0.4, 0.5) is 5.88 Å². The van der Waals surface area contributed by atoms with E-state index in [0.29, 0.717) is 5.69 Å². The van der Waals surface area contributed by atoms with Gasteiger partial charge in [0.1, 0.15) is 11.3 Å². The molecule has 2 saturated heterocycles. The molecule has 134 valence electrons. The Morgan fingerprint density at radius 1 is 1.36 bits per heavy atom. The van der Waals surface area contributed by atoms with Crippen LogP contribution in [-0.4, -0.2) is 54.6 Å². The van der Waals surface area contributed by atoms with Crippen molar-refractivity contribution in [3.05, 3.63) is 24.0 Å². The number of furan rings is 1. The molecule has 2 aliphatic heterocycles. The largest absolute Gasteiger partial charge is 0.440 e. The van der Waals surface area contributed by atoms with Crippen LogP contribution in [0.3, 0.4) is 0 Å². The molecule has 0 radical (unpaired) electrons. The molecule has 1 N–H and O–H groups in total. The maximum Gasteiger partial charge on any atom is 0.270 e. The van der Waals surface area contributed by atoms with Crippen molar-refractivity contribution in [2.75, 3.05) is 37.6 Å². The van der Waals surface area contributed by atoms with Gasteiger partial charge in [0.2, 0.25) is 0 Å². The summed E-state index contributed by atoms with van der Waals surface area (Å²) in [6.45, 7) is 9.28. The highest BCUT2D eigenvalue weighted by molar-refractivity contribution is 5.95. The Kier molecular flexibility index (Phi) is 4.37. The van der Waals surface area contributed by atoms with Crippen molar-refractivity contribution in [1.29, 1.82) is 0 Å². The summed E-state index contributed by atoms with van der Waals surface area (Å²) >= 11 is 0. The van der Waals surface area contributed by atoms with Crippen LogP contribution in [0.25, 0.3) is 11.0 Å². The van der Waals surface area contributed by atoms with Crippen LogP contribution in [-0.2, 0) is 0 Å². The third-order valence-electron chi connectivity index (χ3n) is 5.50. The molecule has 2 unspecified atom stereocenters. The number of carbonyl (C=O) groups excluding carboxylic acids is 1. The molecule has 0 saturated carbocycles. The predicted octanol–water partition coefficient (Wildman–Crippen LogP) is 2.50. The number of rotatable bonds is 5. The average Bonchev–Trinajstić information content (AvgIpc) is 3.18. The Bertz CT molecular complexity index is 756. The lowest BCUT2D eigenvalue weighted by Crippen LogP contribution is -2.47. The summed E-state index contributed by atoms with van der Waals surface area (Å²) in [4.78, 5) is 21.5. The molecule has 0 aliphatic carbocycles. The van der Waals surface area contributed by atoms with Gasteiger partial charge < -0.3 is 19.5 Å². The quantitative estimate of drug-likeness (QED) is 0.905. The fraction of sp³-hybridized carbons (Fsp3) is 0.579. The van der Waals surface area contributed by atoms with E-state index < -0.39 is 0 Å². The van der Waals surface area contributed by atoms with Crippen LogP contribution in [0.15, 0.2) is 22.7 Å². The zero-order valence-electron chi connectivity index (χ0n) is 15.0. The minimum atomic E-state index is -0.102. The van der Waals surface area contributed by atoms with E-state index in [-0.39, 0.29) is 11.9 Å². The van der Waals surface area contributed by atoms with E-state index in [4.69, 9.17) is 4.42 Å². The van der Waals surface area contributed by atoms with Crippen molar-refractivity contribution in [1.82, 2.24) is 15.2 Å². The fourth-order valence-corrected chi connectivity index (χ4v) is 4.16. The summed E-state index contributed by atoms with van der Waals surface area (Å²) in [5.74, 6) is 1.46. The van der Waals surface area contributed by atoms with E-state index in [9.17, 15) is 4.79 Å². The second-order valence-corrected chi connectivity index (χ2v) is 7.18. The topological polar surface area (TPSA) is 61.6 Å². The maximum absolute atomic E-state index is 12.6. The smallest absolute Gasteiger partial charge is 0.270 e. The summed E-state index contributed by atoms with van der Waals surface area (Å²) in [7, 11) is 0. The minimum Gasteiger partial charge on any atom is -0.440 e. The van der Waals surface area contributed by atoms with Gasteiger partial charge in [-0.25, -0.2) is 0 Å². The summed E-state index contributed by atoms with van der Waals surface area (Å²) in [5, 5.41) is 4.09. The first-order chi connectivity index (χ1) is 12.2. The van der Waals surface area contributed by atoms with Crippen LogP contribution >= 0.6 is 0 Å². The van der Waals surface area contributed by atoms with Gasteiger partial charge in [0.15, 0.2) is 5.88 Å². The number of amides is 1. The van der Waals surface area contributed by atoms with Gasteiger partial charge in [-0.05, 0) is 39.2 Å². The van der Waals surface area contributed by atoms with Gasteiger partial charge in [-0.15, -0.1) is 0 Å². The molecule has 3 atom stereocenters. The summed E-state index contributed by atoms with van der Waals surface area (Å²) in [5.41, 5.74) is 1.15. The van der Waals surface area contributed by atoms with Gasteiger partial charge in [-0.1, -0.05) is 0 Å². The first kappa shape index (κ1) is 16.4. The van der Waals surface area contributed by atoms with Crippen LogP contribution < -0.4 is 10.2 Å². The molecular weight excluding hydrogens is 316 g/mol. The van der Waals surface area contributed by atoms with Gasteiger partial charge in [-0.2, -0.15) is 0 Å². The zero-order valence-corrected chi connectivity index (χ0v) is 15.0. The normalized spacial score (nSPS) is 25.3. The molecule has 1 amide bonds. The summed E-state index contributed by atoms with van der Waals surface area (Å²) < 4.78 is 5.93. The van der Waals surface area contributed by atoms with Crippen molar-refractivity contribution in [3.63, 3.8) is 0 Å². The number of carbonyl (C=O) groups is 1. The summed E-state index contributed by atoms with van der Waals surface area (Å²) in [6.07, 6.45) is 4.07. The van der Waals surface area contributed by atoms with Gasteiger partial charge in [0, 0.05) is 55.9 Å². The molecule has 6 heteroatoms. The Morgan fingerprint density at radius 2 is 2.20 bits per heavy atom. The monoisotopic (exact) mass is 342 g/mol. The molecule has 25 heavy (non-hydrogen) atoms. The second-order valence-electron chi connectivity index (χ2n) is 7.18. The summed E-state index contributed by atoms with van der Waals surface area (Å²) in [6, 6.07) is 3.98. The van der Waals surface area contributed by atoms with E-state index in [2.05, 4.69) is 33.9 Å². The van der Waals surface area contributed by atoms with Gasteiger partial charge in [0.25, 0.3) is 5.91 Å². The number of hydrogen-bond donors (Lipinski definition) is 1.